The van der Waals surface area contributed by atoms with Gasteiger partial charge >= 0.3 is 0 Å². The van der Waals surface area contributed by atoms with E-state index in [4.69, 9.17) is 17.3 Å². The van der Waals surface area contributed by atoms with E-state index in [2.05, 4.69) is 36.8 Å². The number of alkyl halides is 1. The number of pyridine rings is 1. The number of amides is 1. The van der Waals surface area contributed by atoms with E-state index in [-0.39, 0.29) is 11.8 Å². The Morgan fingerprint density at radius 1 is 1.59 bits per heavy atom. The first kappa shape index (κ1) is 13.1. The van der Waals surface area contributed by atoms with Gasteiger partial charge < -0.3 is 10.6 Å². The van der Waals surface area contributed by atoms with Crippen LogP contribution in [0.25, 0.3) is 0 Å². The molecule has 1 aromatic heterocycles. The summed E-state index contributed by atoms with van der Waals surface area (Å²) >= 11 is 12.4. The van der Waals surface area contributed by atoms with Crippen molar-refractivity contribution in [2.45, 2.75) is 6.42 Å². The number of hydrogen-bond acceptors (Lipinski definition) is 3. The van der Waals surface area contributed by atoms with Gasteiger partial charge in [-0.1, -0.05) is 0 Å². The summed E-state index contributed by atoms with van der Waals surface area (Å²) in [6.07, 6.45) is 2.09. The predicted molar refractivity (Wildman–Crippen MR) is 75.2 cm³/mol. The number of nitrogen functional groups attached to an aromatic ring is 1. The van der Waals surface area contributed by atoms with Crippen LogP contribution in [0.4, 0.5) is 11.4 Å². The van der Waals surface area contributed by atoms with E-state index >= 15 is 0 Å². The highest BCUT2D eigenvalue weighted by atomic mass is 79.9. The Balaban J connectivity index is 2.41. The average Bonchev–Trinajstić information content (AvgIpc) is 2.66. The number of anilines is 2. The molecule has 92 valence electrons. The molecular weight excluding hydrogens is 373 g/mol. The molecule has 2 heterocycles. The highest BCUT2D eigenvalue weighted by molar-refractivity contribution is 9.11. The average molecular weight is 383 g/mol. The molecule has 0 bridgehead atoms. The lowest BCUT2D eigenvalue weighted by atomic mass is 10.1. The molecule has 1 amide bonds. The van der Waals surface area contributed by atoms with Crippen LogP contribution >= 0.6 is 43.5 Å². The number of nitrogens with zero attached hydrogens (tertiary/aromatic N) is 2. The van der Waals surface area contributed by atoms with Crippen molar-refractivity contribution in [3.05, 3.63) is 15.3 Å². The van der Waals surface area contributed by atoms with Gasteiger partial charge in [0.25, 0.3) is 0 Å². The highest BCUT2D eigenvalue weighted by Gasteiger charge is 2.32. The molecule has 1 aliphatic rings. The third-order valence-electron chi connectivity index (χ3n) is 2.69. The molecule has 0 aliphatic carbocycles. The van der Waals surface area contributed by atoms with Gasteiger partial charge in [0.05, 0.1) is 15.8 Å². The molecule has 17 heavy (non-hydrogen) atoms. The molecule has 0 saturated carbocycles. The van der Waals surface area contributed by atoms with E-state index in [1.165, 1.54) is 0 Å². The van der Waals surface area contributed by atoms with E-state index in [1.807, 2.05) is 0 Å². The minimum absolute atomic E-state index is 0.0427. The molecule has 0 aromatic carbocycles. The zero-order valence-electron chi connectivity index (χ0n) is 8.79. The van der Waals surface area contributed by atoms with Gasteiger partial charge in [-0.15, -0.1) is 11.6 Å². The maximum Gasteiger partial charge on any atom is 0.227 e. The number of carbonyl (C=O) groups is 1. The number of hydrogen-bond donors (Lipinski definition) is 1. The Morgan fingerprint density at radius 3 is 2.88 bits per heavy atom. The van der Waals surface area contributed by atoms with Crippen molar-refractivity contribution in [3.63, 3.8) is 0 Å². The van der Waals surface area contributed by atoms with Gasteiger partial charge in [-0.25, -0.2) is 4.98 Å². The molecule has 0 spiro atoms. The Bertz CT molecular complexity index is 469. The Kier molecular flexibility index (Phi) is 3.95. The number of nitrogens with two attached hydrogens (primary N) is 1. The Morgan fingerprint density at radius 2 is 2.29 bits per heavy atom. The summed E-state index contributed by atoms with van der Waals surface area (Å²) in [6, 6.07) is 0. The summed E-state index contributed by atoms with van der Waals surface area (Å²) in [7, 11) is 0. The monoisotopic (exact) mass is 381 g/mol. The second-order valence-corrected chi connectivity index (χ2v) is 5.80. The molecule has 1 atom stereocenters. The first-order chi connectivity index (χ1) is 8.04. The van der Waals surface area contributed by atoms with E-state index < -0.39 is 0 Å². The normalized spacial score (nSPS) is 20.1. The van der Waals surface area contributed by atoms with Gasteiger partial charge in [-0.3, -0.25) is 4.79 Å². The molecule has 1 fully saturated rings. The molecule has 7 heteroatoms. The molecule has 4 nitrogen and oxygen atoms in total. The van der Waals surface area contributed by atoms with Gasteiger partial charge in [0, 0.05) is 25.0 Å². The summed E-state index contributed by atoms with van der Waals surface area (Å²) in [5.74, 6) is 0.704. The van der Waals surface area contributed by atoms with Crippen molar-refractivity contribution in [2.75, 3.05) is 23.1 Å². The van der Waals surface area contributed by atoms with E-state index in [9.17, 15) is 4.79 Å². The SMILES string of the molecule is Nc1c(Br)ncc(Br)c1N1CC(CCl)CC1=O. The van der Waals surface area contributed by atoms with Gasteiger partial charge in [-0.05, 0) is 37.8 Å². The van der Waals surface area contributed by atoms with Crippen molar-refractivity contribution in [1.82, 2.24) is 4.98 Å². The predicted octanol–water partition coefficient (Wildman–Crippen LogP) is 2.78. The molecular formula is C10H10Br2ClN3O. The largest absolute Gasteiger partial charge is 0.395 e. The highest BCUT2D eigenvalue weighted by Crippen LogP contribution is 2.38. The van der Waals surface area contributed by atoms with E-state index in [0.29, 0.717) is 39.3 Å². The van der Waals surface area contributed by atoms with Crippen LogP contribution in [0.1, 0.15) is 6.42 Å². The summed E-state index contributed by atoms with van der Waals surface area (Å²) in [4.78, 5) is 17.6. The minimum Gasteiger partial charge on any atom is -0.395 e. The maximum absolute atomic E-state index is 11.9. The first-order valence-electron chi connectivity index (χ1n) is 5.00. The molecule has 1 unspecified atom stereocenters. The summed E-state index contributed by atoms with van der Waals surface area (Å²) in [5.41, 5.74) is 7.08. The van der Waals surface area contributed by atoms with Gasteiger partial charge in [0.1, 0.15) is 4.60 Å². The van der Waals surface area contributed by atoms with Crippen molar-refractivity contribution >= 4 is 60.7 Å². The number of rotatable bonds is 2. The maximum atomic E-state index is 11.9. The second kappa shape index (κ2) is 5.12. The van der Waals surface area contributed by atoms with Gasteiger partial charge in [0.15, 0.2) is 0 Å². The standard InChI is InChI=1S/C10H10Br2ClN3O/c11-6-3-15-10(12)8(14)9(6)16-4-5(2-13)1-7(16)17/h3,5H,1-2,4,14H2. The molecule has 1 aromatic rings. The number of halogens is 3. The summed E-state index contributed by atoms with van der Waals surface area (Å²) < 4.78 is 1.25. The lowest BCUT2D eigenvalue weighted by molar-refractivity contribution is -0.117. The van der Waals surface area contributed by atoms with Crippen LogP contribution in [-0.2, 0) is 4.79 Å². The van der Waals surface area contributed by atoms with Crippen molar-refractivity contribution in [3.8, 4) is 0 Å². The van der Waals surface area contributed by atoms with Crippen LogP contribution in [0, 0.1) is 5.92 Å². The molecule has 1 aliphatic heterocycles. The van der Waals surface area contributed by atoms with Gasteiger partial charge in [0.2, 0.25) is 5.91 Å². The minimum atomic E-state index is 0.0427. The zero-order chi connectivity index (χ0) is 12.6. The fraction of sp³-hybridized carbons (Fsp3) is 0.400. The van der Waals surface area contributed by atoms with Crippen LogP contribution in [0.15, 0.2) is 15.3 Å². The van der Waals surface area contributed by atoms with E-state index in [1.54, 1.807) is 11.1 Å². The summed E-state index contributed by atoms with van der Waals surface area (Å²) in [6.45, 7) is 0.599. The van der Waals surface area contributed by atoms with Crippen LogP contribution in [0.2, 0.25) is 0 Å². The number of aromatic nitrogens is 1. The van der Waals surface area contributed by atoms with Gasteiger partial charge in [-0.2, -0.15) is 0 Å². The molecule has 0 radical (unpaired) electrons. The fourth-order valence-electron chi connectivity index (χ4n) is 1.85. The fourth-order valence-corrected chi connectivity index (χ4v) is 2.87. The van der Waals surface area contributed by atoms with Crippen LogP contribution in [0.5, 0.6) is 0 Å². The van der Waals surface area contributed by atoms with Crippen molar-refractivity contribution < 1.29 is 4.79 Å². The van der Waals surface area contributed by atoms with E-state index in [0.717, 1.165) is 0 Å². The van der Waals surface area contributed by atoms with Crippen LogP contribution < -0.4 is 10.6 Å². The Labute approximate surface area is 121 Å². The first-order valence-corrected chi connectivity index (χ1v) is 7.12. The molecule has 2 N–H and O–H groups in total. The quantitative estimate of drug-likeness (QED) is 0.631. The Hall–Kier alpha value is -0.330. The molecule has 2 rings (SSSR count). The zero-order valence-corrected chi connectivity index (χ0v) is 12.7. The van der Waals surface area contributed by atoms with Crippen LogP contribution in [-0.4, -0.2) is 23.3 Å². The topological polar surface area (TPSA) is 59.2 Å². The van der Waals surface area contributed by atoms with Crippen LogP contribution in [0.3, 0.4) is 0 Å². The second-order valence-electron chi connectivity index (χ2n) is 3.89. The molecule has 1 saturated heterocycles. The third kappa shape index (κ3) is 2.44. The van der Waals surface area contributed by atoms with Crippen molar-refractivity contribution in [2.24, 2.45) is 5.92 Å². The summed E-state index contributed by atoms with van der Waals surface area (Å²) in [5, 5.41) is 0. The number of carbonyl (C=O) groups excluding carboxylic acids is 1. The lowest BCUT2D eigenvalue weighted by Gasteiger charge is -2.20. The lowest BCUT2D eigenvalue weighted by Crippen LogP contribution is -2.26. The third-order valence-corrected chi connectivity index (χ3v) is 4.34. The smallest absolute Gasteiger partial charge is 0.227 e. The van der Waals surface area contributed by atoms with Crippen molar-refractivity contribution in [1.29, 1.82) is 0 Å².